The highest BCUT2D eigenvalue weighted by Gasteiger charge is 2.21. The number of nitrogens with one attached hydrogen (secondary N) is 1. The van der Waals surface area contributed by atoms with Gasteiger partial charge in [-0.25, -0.2) is 0 Å². The van der Waals surface area contributed by atoms with Crippen LogP contribution in [0, 0.1) is 0 Å². The molecule has 3 atom stereocenters. The number of carbonyl (C=O) groups excluding carboxylic acids is 1. The molecule has 0 aromatic carbocycles. The third kappa shape index (κ3) is 32.8. The number of allylic oxidation sites excluding steroid dienone is 2. The lowest BCUT2D eigenvalue weighted by Gasteiger charge is -2.23. The van der Waals surface area contributed by atoms with E-state index in [4.69, 9.17) is 0 Å². The molecule has 0 saturated carbocycles. The van der Waals surface area contributed by atoms with Crippen molar-refractivity contribution >= 4 is 5.91 Å². The van der Waals surface area contributed by atoms with Crippen molar-refractivity contribution in [3.05, 3.63) is 12.2 Å². The molecule has 0 fully saturated rings. The van der Waals surface area contributed by atoms with Gasteiger partial charge >= 0.3 is 0 Å². The number of hydrogen-bond acceptors (Lipinski definition) is 4. The third-order valence-corrected chi connectivity index (χ3v) is 9.33. The second-order valence-electron chi connectivity index (χ2n) is 13.9. The summed E-state index contributed by atoms with van der Waals surface area (Å²) >= 11 is 0. The van der Waals surface area contributed by atoms with Crippen LogP contribution in [0.1, 0.15) is 213 Å². The van der Waals surface area contributed by atoms with Gasteiger partial charge in [-0.05, 0) is 38.5 Å². The van der Waals surface area contributed by atoms with E-state index in [1.807, 2.05) is 0 Å². The van der Waals surface area contributed by atoms with E-state index in [0.29, 0.717) is 12.8 Å². The highest BCUT2D eigenvalue weighted by atomic mass is 16.3. The minimum Gasteiger partial charge on any atom is -0.394 e. The zero-order valence-electron chi connectivity index (χ0n) is 30.3. The molecule has 5 nitrogen and oxygen atoms in total. The van der Waals surface area contributed by atoms with Crippen molar-refractivity contribution in [1.82, 2.24) is 5.32 Å². The van der Waals surface area contributed by atoms with Crippen molar-refractivity contribution < 1.29 is 20.1 Å². The molecule has 5 heteroatoms. The summed E-state index contributed by atoms with van der Waals surface area (Å²) in [6.07, 6.45) is 40.3. The average Bonchev–Trinajstić information content (AvgIpc) is 3.03. The zero-order chi connectivity index (χ0) is 33.1. The maximum Gasteiger partial charge on any atom is 0.222 e. The van der Waals surface area contributed by atoms with Gasteiger partial charge in [-0.15, -0.1) is 0 Å². The highest BCUT2D eigenvalue weighted by Crippen LogP contribution is 2.16. The molecule has 45 heavy (non-hydrogen) atoms. The Morgan fingerprint density at radius 2 is 0.911 bits per heavy atom. The van der Waals surface area contributed by atoms with E-state index >= 15 is 0 Å². The Bertz CT molecular complexity index is 625. The zero-order valence-corrected chi connectivity index (χ0v) is 30.3. The number of amides is 1. The summed E-state index contributed by atoms with van der Waals surface area (Å²) in [6.45, 7) is 4.24. The van der Waals surface area contributed by atoms with Gasteiger partial charge in [-0.1, -0.05) is 180 Å². The topological polar surface area (TPSA) is 89.8 Å². The average molecular weight is 638 g/mol. The largest absolute Gasteiger partial charge is 0.394 e. The van der Waals surface area contributed by atoms with Crippen molar-refractivity contribution in [2.24, 2.45) is 0 Å². The van der Waals surface area contributed by atoms with Gasteiger partial charge in [0.2, 0.25) is 5.91 Å². The van der Waals surface area contributed by atoms with E-state index in [-0.39, 0.29) is 18.9 Å². The summed E-state index contributed by atoms with van der Waals surface area (Å²) in [7, 11) is 0. The predicted octanol–water partition coefficient (Wildman–Crippen LogP) is 10.9. The smallest absolute Gasteiger partial charge is 0.222 e. The summed E-state index contributed by atoms with van der Waals surface area (Å²) in [4.78, 5) is 12.4. The van der Waals surface area contributed by atoms with Crippen LogP contribution < -0.4 is 5.32 Å². The molecule has 0 aromatic heterocycles. The first-order valence-corrected chi connectivity index (χ1v) is 20.0. The molecule has 0 radical (unpaired) electrons. The number of aliphatic hydroxyl groups excluding tert-OH is 3. The van der Waals surface area contributed by atoms with Gasteiger partial charge in [0.25, 0.3) is 0 Å². The molecule has 0 aliphatic carbocycles. The van der Waals surface area contributed by atoms with Gasteiger partial charge in [0, 0.05) is 0 Å². The standard InChI is InChI=1S/C40H79NO4/c1-3-5-7-9-11-13-15-16-17-18-19-20-21-22-24-26-28-30-32-34-39(44)38(36-42)41-40(45)35-37(43)33-31-29-27-25-23-14-12-10-8-6-4-2/h25,27,37-39,42-44H,3-24,26,28-36H2,1-2H3,(H,41,45)/b27-25-. The first-order chi connectivity index (χ1) is 22.0. The number of carbonyl (C=O) groups is 1. The molecule has 0 aliphatic rings. The van der Waals surface area contributed by atoms with E-state index < -0.39 is 18.2 Å². The van der Waals surface area contributed by atoms with Crippen LogP contribution in [0.15, 0.2) is 12.2 Å². The SMILES string of the molecule is CCCCCCCC/C=C\CCCC(O)CC(=O)NC(CO)C(O)CCCCCCCCCCCCCCCCCCCCC. The molecule has 0 bridgehead atoms. The normalized spacial score (nSPS) is 13.8. The number of hydrogen-bond donors (Lipinski definition) is 4. The molecule has 0 spiro atoms. The second kappa shape index (κ2) is 35.9. The van der Waals surface area contributed by atoms with Crippen molar-refractivity contribution in [2.45, 2.75) is 231 Å². The van der Waals surface area contributed by atoms with Gasteiger partial charge in [-0.3, -0.25) is 4.79 Å². The Kier molecular flexibility index (Phi) is 35.2. The maximum absolute atomic E-state index is 12.4. The summed E-state index contributed by atoms with van der Waals surface area (Å²) < 4.78 is 0. The predicted molar refractivity (Wildman–Crippen MR) is 195 cm³/mol. The molecule has 268 valence electrons. The van der Waals surface area contributed by atoms with Gasteiger partial charge in [0.1, 0.15) is 0 Å². The quantitative estimate of drug-likeness (QED) is 0.0406. The Balaban J connectivity index is 3.63. The molecule has 0 saturated heterocycles. The van der Waals surface area contributed by atoms with Crippen molar-refractivity contribution in [3.63, 3.8) is 0 Å². The molecule has 1 amide bonds. The lowest BCUT2D eigenvalue weighted by atomic mass is 10.0. The lowest BCUT2D eigenvalue weighted by molar-refractivity contribution is -0.125. The van der Waals surface area contributed by atoms with E-state index in [9.17, 15) is 20.1 Å². The van der Waals surface area contributed by atoms with Gasteiger partial charge in [0.15, 0.2) is 0 Å². The van der Waals surface area contributed by atoms with Crippen LogP contribution in [0.4, 0.5) is 0 Å². The first kappa shape index (κ1) is 44.1. The maximum atomic E-state index is 12.4. The highest BCUT2D eigenvalue weighted by molar-refractivity contribution is 5.76. The molecule has 3 unspecified atom stereocenters. The minimum atomic E-state index is -0.751. The Labute approximate surface area is 280 Å². The summed E-state index contributed by atoms with van der Waals surface area (Å²) in [6, 6.07) is -0.662. The van der Waals surface area contributed by atoms with Crippen LogP contribution in [0.5, 0.6) is 0 Å². The Hall–Kier alpha value is -0.910. The summed E-state index contributed by atoms with van der Waals surface area (Å²) in [5.74, 6) is -0.299. The van der Waals surface area contributed by atoms with Crippen LogP contribution in [0.2, 0.25) is 0 Å². The molecule has 0 aliphatic heterocycles. The van der Waals surface area contributed by atoms with Crippen molar-refractivity contribution in [2.75, 3.05) is 6.61 Å². The summed E-state index contributed by atoms with van der Waals surface area (Å²) in [5, 5.41) is 33.2. The lowest BCUT2D eigenvalue weighted by Crippen LogP contribution is -2.46. The molecule has 0 aromatic rings. The fourth-order valence-corrected chi connectivity index (χ4v) is 6.23. The fraction of sp³-hybridized carbons (Fsp3) is 0.925. The minimum absolute atomic E-state index is 0.0178. The number of unbranched alkanes of at least 4 members (excludes halogenated alkanes) is 25. The summed E-state index contributed by atoms with van der Waals surface area (Å²) in [5.41, 5.74) is 0. The Morgan fingerprint density at radius 1 is 0.533 bits per heavy atom. The molecular weight excluding hydrogens is 558 g/mol. The van der Waals surface area contributed by atoms with E-state index in [2.05, 4.69) is 31.3 Å². The van der Waals surface area contributed by atoms with Crippen LogP contribution in [0.25, 0.3) is 0 Å². The van der Waals surface area contributed by atoms with Crippen LogP contribution in [-0.4, -0.2) is 46.1 Å². The third-order valence-electron chi connectivity index (χ3n) is 9.33. The van der Waals surface area contributed by atoms with Gasteiger partial charge < -0.3 is 20.6 Å². The Morgan fingerprint density at radius 3 is 1.33 bits per heavy atom. The first-order valence-electron chi connectivity index (χ1n) is 20.0. The van der Waals surface area contributed by atoms with Gasteiger partial charge in [-0.2, -0.15) is 0 Å². The number of aliphatic hydroxyl groups is 3. The molecular formula is C40H79NO4. The molecule has 0 rings (SSSR count). The van der Waals surface area contributed by atoms with Gasteiger partial charge in [0.05, 0.1) is 31.3 Å². The van der Waals surface area contributed by atoms with Crippen molar-refractivity contribution in [1.29, 1.82) is 0 Å². The number of rotatable bonds is 36. The van der Waals surface area contributed by atoms with E-state index in [1.54, 1.807) is 0 Å². The van der Waals surface area contributed by atoms with Crippen LogP contribution in [0.3, 0.4) is 0 Å². The monoisotopic (exact) mass is 638 g/mol. The van der Waals surface area contributed by atoms with Crippen LogP contribution >= 0.6 is 0 Å². The van der Waals surface area contributed by atoms with E-state index in [0.717, 1.165) is 32.1 Å². The molecule has 0 heterocycles. The fourth-order valence-electron chi connectivity index (χ4n) is 6.23. The second-order valence-corrected chi connectivity index (χ2v) is 13.9. The molecule has 4 N–H and O–H groups in total. The van der Waals surface area contributed by atoms with E-state index in [1.165, 1.54) is 148 Å². The van der Waals surface area contributed by atoms with Crippen LogP contribution in [-0.2, 0) is 4.79 Å². The van der Waals surface area contributed by atoms with Crippen molar-refractivity contribution in [3.8, 4) is 0 Å².